The topological polar surface area (TPSA) is 97.3 Å². The summed E-state index contributed by atoms with van der Waals surface area (Å²) in [4.78, 5) is 13.4. The molecule has 0 saturated heterocycles. The molecule has 0 bridgehead atoms. The number of nitrogens with zero attached hydrogens (tertiary/aromatic N) is 3. The van der Waals surface area contributed by atoms with E-state index in [-0.39, 0.29) is 5.91 Å². The molecule has 0 unspecified atom stereocenters. The quantitative estimate of drug-likeness (QED) is 0.369. The minimum absolute atomic E-state index is 0.365. The number of aromatic nitrogens is 2. The van der Waals surface area contributed by atoms with Crippen molar-refractivity contribution in [3.63, 3.8) is 0 Å². The van der Waals surface area contributed by atoms with E-state index in [2.05, 4.69) is 15.6 Å². The Kier molecular flexibility index (Phi) is 4.40. The van der Waals surface area contributed by atoms with Crippen molar-refractivity contribution in [1.29, 1.82) is 0 Å². The Balaban J connectivity index is 2.02. The number of amides is 1. The lowest BCUT2D eigenvalue weighted by atomic mass is 10.2. The van der Waals surface area contributed by atoms with E-state index in [1.807, 2.05) is 19.0 Å². The predicted octanol–water partition coefficient (Wildman–Crippen LogP) is 1.09. The van der Waals surface area contributed by atoms with E-state index in [1.54, 1.807) is 6.07 Å². The number of hydrazine groups is 1. The summed E-state index contributed by atoms with van der Waals surface area (Å²) in [5.41, 5.74) is 2.52. The fourth-order valence-corrected chi connectivity index (χ4v) is 3.02. The monoisotopic (exact) mass is 299 g/mol. The van der Waals surface area contributed by atoms with Gasteiger partial charge >= 0.3 is 0 Å². The minimum Gasteiger partial charge on any atom is -0.468 e. The first-order valence-electron chi connectivity index (χ1n) is 5.32. The van der Waals surface area contributed by atoms with Crippen LogP contribution in [0.15, 0.2) is 21.1 Å². The van der Waals surface area contributed by atoms with Crippen molar-refractivity contribution in [2.75, 3.05) is 19.0 Å². The molecule has 2 heterocycles. The predicted molar refractivity (Wildman–Crippen MR) is 74.2 cm³/mol. The van der Waals surface area contributed by atoms with E-state index in [1.165, 1.54) is 29.4 Å². The molecule has 0 aromatic carbocycles. The van der Waals surface area contributed by atoms with Gasteiger partial charge in [0, 0.05) is 14.1 Å². The second-order valence-corrected chi connectivity index (χ2v) is 5.94. The molecule has 9 heteroatoms. The number of nitrogens with two attached hydrogens (primary N) is 1. The van der Waals surface area contributed by atoms with Crippen molar-refractivity contribution < 1.29 is 9.21 Å². The standard InChI is InChI=1S/C10H13N5O2S2/c1-15(2)9-13-14-10(19-9)18-5-7-6(3-4-17-7)8(16)12-11/h3-4H,5,11H2,1-2H3,(H,12,16). The molecule has 1 amide bonds. The Labute approximate surface area is 118 Å². The van der Waals surface area contributed by atoms with Crippen LogP contribution < -0.4 is 16.2 Å². The first-order chi connectivity index (χ1) is 9.11. The molecule has 0 radical (unpaired) electrons. The maximum atomic E-state index is 11.5. The molecule has 2 aromatic rings. The smallest absolute Gasteiger partial charge is 0.268 e. The highest BCUT2D eigenvalue weighted by atomic mass is 32.2. The molecule has 2 aromatic heterocycles. The molecule has 0 spiro atoms. The molecule has 0 atom stereocenters. The van der Waals surface area contributed by atoms with Crippen LogP contribution in [-0.4, -0.2) is 30.2 Å². The third-order valence-corrected chi connectivity index (χ3v) is 4.45. The van der Waals surface area contributed by atoms with Crippen molar-refractivity contribution in [2.24, 2.45) is 5.84 Å². The zero-order valence-electron chi connectivity index (χ0n) is 10.4. The summed E-state index contributed by atoms with van der Waals surface area (Å²) >= 11 is 2.94. The molecule has 102 valence electrons. The van der Waals surface area contributed by atoms with Crippen molar-refractivity contribution >= 4 is 34.1 Å². The van der Waals surface area contributed by atoms with Crippen LogP contribution in [0.3, 0.4) is 0 Å². The number of carbonyl (C=O) groups excluding carboxylic acids is 1. The number of anilines is 1. The van der Waals surface area contributed by atoms with Gasteiger partial charge in [-0.25, -0.2) is 5.84 Å². The van der Waals surface area contributed by atoms with Crippen LogP contribution in [0.2, 0.25) is 0 Å². The minimum atomic E-state index is -0.365. The number of thioether (sulfide) groups is 1. The van der Waals surface area contributed by atoms with Gasteiger partial charge in [-0.05, 0) is 6.07 Å². The number of nitrogen functional groups attached to an aromatic ring is 1. The third kappa shape index (κ3) is 3.25. The van der Waals surface area contributed by atoms with Crippen LogP contribution in [0.25, 0.3) is 0 Å². The van der Waals surface area contributed by atoms with Crippen molar-refractivity contribution in [1.82, 2.24) is 15.6 Å². The number of furan rings is 1. The number of nitrogens with one attached hydrogen (secondary N) is 1. The summed E-state index contributed by atoms with van der Waals surface area (Å²) in [6.45, 7) is 0. The third-order valence-electron chi connectivity index (χ3n) is 2.23. The normalized spacial score (nSPS) is 10.5. The lowest BCUT2D eigenvalue weighted by molar-refractivity contribution is 0.0952. The highest BCUT2D eigenvalue weighted by Crippen LogP contribution is 2.30. The van der Waals surface area contributed by atoms with Crippen molar-refractivity contribution in [2.45, 2.75) is 10.1 Å². The maximum absolute atomic E-state index is 11.5. The van der Waals surface area contributed by atoms with E-state index in [9.17, 15) is 4.79 Å². The Bertz CT molecular complexity index is 566. The summed E-state index contributed by atoms with van der Waals surface area (Å²) < 4.78 is 6.09. The number of rotatable bonds is 5. The highest BCUT2D eigenvalue weighted by molar-refractivity contribution is 8.00. The molecular weight excluding hydrogens is 286 g/mol. The van der Waals surface area contributed by atoms with Crippen LogP contribution in [0.5, 0.6) is 0 Å². The highest BCUT2D eigenvalue weighted by Gasteiger charge is 2.15. The van der Waals surface area contributed by atoms with Crippen LogP contribution in [-0.2, 0) is 5.75 Å². The Morgan fingerprint density at radius 2 is 2.37 bits per heavy atom. The Morgan fingerprint density at radius 3 is 3.00 bits per heavy atom. The zero-order chi connectivity index (χ0) is 13.8. The van der Waals surface area contributed by atoms with Gasteiger partial charge in [0.25, 0.3) is 5.91 Å². The van der Waals surface area contributed by atoms with Gasteiger partial charge < -0.3 is 9.32 Å². The average Bonchev–Trinajstić information content (AvgIpc) is 3.04. The molecule has 0 fully saturated rings. The molecule has 0 aliphatic rings. The van der Waals surface area contributed by atoms with Gasteiger partial charge in [0.2, 0.25) is 5.13 Å². The van der Waals surface area contributed by atoms with Crippen LogP contribution in [0, 0.1) is 0 Å². The van der Waals surface area contributed by atoms with Gasteiger partial charge in [-0.15, -0.1) is 10.2 Å². The summed E-state index contributed by atoms with van der Waals surface area (Å²) in [5.74, 6) is 5.80. The fourth-order valence-electron chi connectivity index (χ4n) is 1.30. The summed E-state index contributed by atoms with van der Waals surface area (Å²) in [5, 5.41) is 8.92. The van der Waals surface area contributed by atoms with E-state index in [0.717, 1.165) is 9.47 Å². The van der Waals surface area contributed by atoms with E-state index < -0.39 is 0 Å². The Hall–Kier alpha value is -1.58. The van der Waals surface area contributed by atoms with Gasteiger partial charge in [0.15, 0.2) is 4.34 Å². The fraction of sp³-hybridized carbons (Fsp3) is 0.300. The largest absolute Gasteiger partial charge is 0.468 e. The Morgan fingerprint density at radius 1 is 1.58 bits per heavy atom. The molecular formula is C10H13N5O2S2. The number of carbonyl (C=O) groups is 1. The first kappa shape index (κ1) is 13.8. The molecule has 2 rings (SSSR count). The van der Waals surface area contributed by atoms with Crippen molar-refractivity contribution in [3.8, 4) is 0 Å². The molecule has 7 nitrogen and oxygen atoms in total. The molecule has 0 saturated carbocycles. The maximum Gasteiger partial charge on any atom is 0.268 e. The zero-order valence-corrected chi connectivity index (χ0v) is 12.0. The average molecular weight is 299 g/mol. The lowest BCUT2D eigenvalue weighted by Crippen LogP contribution is -2.30. The molecule has 0 aliphatic carbocycles. The van der Waals surface area contributed by atoms with Gasteiger partial charge in [-0.3, -0.25) is 10.2 Å². The van der Waals surface area contributed by atoms with Gasteiger partial charge in [0.05, 0.1) is 17.6 Å². The first-order valence-corrected chi connectivity index (χ1v) is 7.13. The van der Waals surface area contributed by atoms with Gasteiger partial charge in [-0.2, -0.15) is 0 Å². The molecule has 3 N–H and O–H groups in total. The molecule has 19 heavy (non-hydrogen) atoms. The summed E-state index contributed by atoms with van der Waals surface area (Å²) in [6.07, 6.45) is 1.46. The second kappa shape index (κ2) is 6.04. The summed E-state index contributed by atoms with van der Waals surface area (Å²) in [7, 11) is 3.82. The van der Waals surface area contributed by atoms with Crippen LogP contribution >= 0.6 is 23.1 Å². The summed E-state index contributed by atoms with van der Waals surface area (Å²) in [6, 6.07) is 1.59. The van der Waals surface area contributed by atoms with E-state index in [0.29, 0.717) is 17.1 Å². The van der Waals surface area contributed by atoms with E-state index >= 15 is 0 Å². The number of hydrogen-bond acceptors (Lipinski definition) is 8. The van der Waals surface area contributed by atoms with Crippen LogP contribution in [0.4, 0.5) is 5.13 Å². The van der Waals surface area contributed by atoms with E-state index in [4.69, 9.17) is 10.3 Å². The SMILES string of the molecule is CN(C)c1nnc(SCc2occc2C(=O)NN)s1. The van der Waals surface area contributed by atoms with Gasteiger partial charge in [0.1, 0.15) is 5.76 Å². The van der Waals surface area contributed by atoms with Crippen LogP contribution in [0.1, 0.15) is 16.1 Å². The second-order valence-electron chi connectivity index (χ2n) is 3.76. The van der Waals surface area contributed by atoms with Gasteiger partial charge in [-0.1, -0.05) is 23.1 Å². The lowest BCUT2D eigenvalue weighted by Gasteiger charge is -2.03. The van der Waals surface area contributed by atoms with Crippen molar-refractivity contribution in [3.05, 3.63) is 23.7 Å². The number of hydrogen-bond donors (Lipinski definition) is 2. The molecule has 0 aliphatic heterocycles.